The molecule has 1 unspecified atom stereocenters. The van der Waals surface area contributed by atoms with Crippen LogP contribution in [0.15, 0.2) is 0 Å². The largest absolute Gasteiger partial charge is 0.465 e. The highest BCUT2D eigenvalue weighted by molar-refractivity contribution is 5.75. The Morgan fingerprint density at radius 1 is 1.41 bits per heavy atom. The second kappa shape index (κ2) is 5.71. The van der Waals surface area contributed by atoms with Crippen molar-refractivity contribution in [1.29, 1.82) is 0 Å². The number of hydrogen-bond acceptors (Lipinski definition) is 3. The first-order valence-corrected chi connectivity index (χ1v) is 5.88. The summed E-state index contributed by atoms with van der Waals surface area (Å²) in [7, 11) is 0. The third-order valence-corrected chi connectivity index (χ3v) is 2.72. The van der Waals surface area contributed by atoms with Crippen LogP contribution < -0.4 is 0 Å². The van der Waals surface area contributed by atoms with Crippen LogP contribution in [0.25, 0.3) is 0 Å². The summed E-state index contributed by atoms with van der Waals surface area (Å²) in [6.07, 6.45) is -2.48. The van der Waals surface area contributed by atoms with E-state index >= 15 is 0 Å². The molecule has 1 fully saturated rings. The number of carbonyl (C=O) groups excluding carboxylic acids is 1. The molecular weight excluding hydrogens is 235 g/mol. The average Bonchev–Trinajstić information content (AvgIpc) is 2.98. The number of rotatable bonds is 6. The Morgan fingerprint density at radius 3 is 2.35 bits per heavy atom. The van der Waals surface area contributed by atoms with Crippen LogP contribution in [0.2, 0.25) is 0 Å². The summed E-state index contributed by atoms with van der Waals surface area (Å²) in [6, 6.07) is -0.893. The van der Waals surface area contributed by atoms with Gasteiger partial charge in [-0.25, -0.2) is 0 Å². The first-order chi connectivity index (χ1) is 7.89. The molecule has 0 heterocycles. The quantitative estimate of drug-likeness (QED) is 0.680. The molecule has 6 heteroatoms. The molecule has 0 aromatic rings. The zero-order valence-electron chi connectivity index (χ0n) is 10.1. The third kappa shape index (κ3) is 4.53. The predicted molar refractivity (Wildman–Crippen MR) is 56.5 cm³/mol. The number of ether oxygens (including phenoxy) is 1. The van der Waals surface area contributed by atoms with Crippen LogP contribution >= 0.6 is 0 Å². The molecule has 1 aliphatic carbocycles. The Bertz CT molecular complexity index is 264. The molecule has 1 rings (SSSR count). The molecule has 0 bridgehead atoms. The summed E-state index contributed by atoms with van der Waals surface area (Å²) in [6.45, 7) is 2.51. The Balaban J connectivity index is 2.69. The highest BCUT2D eigenvalue weighted by atomic mass is 19.4. The maximum atomic E-state index is 12.4. The Morgan fingerprint density at radius 2 is 2.00 bits per heavy atom. The van der Waals surface area contributed by atoms with Crippen LogP contribution in [-0.4, -0.2) is 42.3 Å². The van der Waals surface area contributed by atoms with Crippen LogP contribution in [0.5, 0.6) is 0 Å². The summed E-state index contributed by atoms with van der Waals surface area (Å²) in [4.78, 5) is 12.8. The third-order valence-electron chi connectivity index (χ3n) is 2.72. The van der Waals surface area contributed by atoms with E-state index in [2.05, 4.69) is 0 Å². The molecule has 0 N–H and O–H groups in total. The Labute approximate surface area is 98.9 Å². The zero-order valence-corrected chi connectivity index (χ0v) is 10.1. The lowest BCUT2D eigenvalue weighted by Gasteiger charge is -2.30. The number of nitrogens with zero attached hydrogens (tertiary/aromatic N) is 1. The van der Waals surface area contributed by atoms with Crippen LogP contribution in [0, 0.1) is 0 Å². The molecule has 17 heavy (non-hydrogen) atoms. The summed E-state index contributed by atoms with van der Waals surface area (Å²) in [5, 5.41) is 0. The molecule has 0 aromatic heterocycles. The molecule has 0 spiro atoms. The molecule has 1 saturated carbocycles. The van der Waals surface area contributed by atoms with Crippen molar-refractivity contribution in [2.24, 2.45) is 0 Å². The van der Waals surface area contributed by atoms with E-state index < -0.39 is 24.7 Å². The summed E-state index contributed by atoms with van der Waals surface area (Å²) in [5.41, 5.74) is 0. The van der Waals surface area contributed by atoms with E-state index in [0.29, 0.717) is 6.42 Å². The number of carbonyl (C=O) groups is 1. The topological polar surface area (TPSA) is 29.5 Å². The highest BCUT2D eigenvalue weighted by Crippen LogP contribution is 2.32. The lowest BCUT2D eigenvalue weighted by atomic mass is 10.2. The lowest BCUT2D eigenvalue weighted by Crippen LogP contribution is -2.47. The number of halogens is 3. The average molecular weight is 253 g/mol. The minimum atomic E-state index is -4.28. The van der Waals surface area contributed by atoms with Crippen molar-refractivity contribution in [3.05, 3.63) is 0 Å². The molecule has 0 amide bonds. The van der Waals surface area contributed by atoms with Crippen molar-refractivity contribution in [3.8, 4) is 0 Å². The number of hydrogen-bond donors (Lipinski definition) is 0. The predicted octanol–water partition coefficient (Wildman–Crippen LogP) is 2.35. The molecule has 1 aliphatic rings. The van der Waals surface area contributed by atoms with Crippen molar-refractivity contribution in [1.82, 2.24) is 4.90 Å². The molecule has 0 radical (unpaired) electrons. The Kier molecular flexibility index (Phi) is 4.80. The van der Waals surface area contributed by atoms with Gasteiger partial charge in [0.2, 0.25) is 0 Å². The van der Waals surface area contributed by atoms with Gasteiger partial charge in [0, 0.05) is 6.04 Å². The van der Waals surface area contributed by atoms with Crippen molar-refractivity contribution in [2.75, 3.05) is 13.2 Å². The van der Waals surface area contributed by atoms with Gasteiger partial charge in [0.05, 0.1) is 13.2 Å². The maximum absolute atomic E-state index is 12.4. The van der Waals surface area contributed by atoms with E-state index in [4.69, 9.17) is 4.74 Å². The molecule has 3 nitrogen and oxygen atoms in total. The zero-order chi connectivity index (χ0) is 13.1. The molecule has 1 atom stereocenters. The van der Waals surface area contributed by atoms with E-state index in [9.17, 15) is 18.0 Å². The van der Waals surface area contributed by atoms with Gasteiger partial charge >= 0.3 is 12.1 Å². The second-order valence-electron chi connectivity index (χ2n) is 4.19. The van der Waals surface area contributed by atoms with Gasteiger partial charge in [-0.3, -0.25) is 9.69 Å². The Hall–Kier alpha value is -0.780. The first-order valence-electron chi connectivity index (χ1n) is 5.88. The lowest BCUT2D eigenvalue weighted by molar-refractivity contribution is -0.166. The smallest absolute Gasteiger partial charge is 0.401 e. The molecule has 0 aromatic carbocycles. The molecule has 0 aliphatic heterocycles. The van der Waals surface area contributed by atoms with Crippen LogP contribution in [0.3, 0.4) is 0 Å². The maximum Gasteiger partial charge on any atom is 0.401 e. The fourth-order valence-corrected chi connectivity index (χ4v) is 1.88. The summed E-state index contributed by atoms with van der Waals surface area (Å²) >= 11 is 0. The van der Waals surface area contributed by atoms with Gasteiger partial charge in [0.1, 0.15) is 6.04 Å². The second-order valence-corrected chi connectivity index (χ2v) is 4.19. The van der Waals surface area contributed by atoms with E-state index in [-0.39, 0.29) is 12.6 Å². The monoisotopic (exact) mass is 253 g/mol. The normalized spacial score (nSPS) is 18.2. The fourth-order valence-electron chi connectivity index (χ4n) is 1.88. The van der Waals surface area contributed by atoms with Crippen LogP contribution in [0.1, 0.15) is 33.1 Å². The van der Waals surface area contributed by atoms with Gasteiger partial charge in [-0.05, 0) is 26.2 Å². The van der Waals surface area contributed by atoms with Gasteiger partial charge in [0.15, 0.2) is 0 Å². The standard InChI is InChI=1S/C11H18F3NO2/c1-3-9(10(16)17-4-2)15(8-5-6-8)7-11(12,13)14/h8-9H,3-7H2,1-2H3. The fraction of sp³-hybridized carbons (Fsp3) is 0.909. The molecule has 100 valence electrons. The molecular formula is C11H18F3NO2. The first kappa shape index (κ1) is 14.3. The molecule has 0 saturated heterocycles. The van der Waals surface area contributed by atoms with Crippen molar-refractivity contribution in [3.63, 3.8) is 0 Å². The van der Waals surface area contributed by atoms with Gasteiger partial charge in [-0.15, -0.1) is 0 Å². The van der Waals surface area contributed by atoms with Crippen LogP contribution in [0.4, 0.5) is 13.2 Å². The van der Waals surface area contributed by atoms with Crippen molar-refractivity contribution in [2.45, 2.75) is 51.4 Å². The highest BCUT2D eigenvalue weighted by Gasteiger charge is 2.43. The van der Waals surface area contributed by atoms with E-state index in [0.717, 1.165) is 12.8 Å². The minimum absolute atomic E-state index is 0.119. The number of alkyl halides is 3. The van der Waals surface area contributed by atoms with Crippen molar-refractivity contribution < 1.29 is 22.7 Å². The van der Waals surface area contributed by atoms with Gasteiger partial charge in [-0.1, -0.05) is 6.92 Å². The van der Waals surface area contributed by atoms with E-state index in [1.165, 1.54) is 4.90 Å². The van der Waals surface area contributed by atoms with E-state index in [1.807, 2.05) is 0 Å². The summed E-state index contributed by atoms with van der Waals surface area (Å²) < 4.78 is 42.2. The number of esters is 1. The summed E-state index contributed by atoms with van der Waals surface area (Å²) in [5.74, 6) is -0.550. The minimum Gasteiger partial charge on any atom is -0.465 e. The van der Waals surface area contributed by atoms with Crippen molar-refractivity contribution >= 4 is 5.97 Å². The van der Waals surface area contributed by atoms with E-state index in [1.54, 1.807) is 13.8 Å². The van der Waals surface area contributed by atoms with Crippen LogP contribution in [-0.2, 0) is 9.53 Å². The SMILES string of the molecule is CCOC(=O)C(CC)N(CC(F)(F)F)C1CC1. The van der Waals surface area contributed by atoms with Gasteiger partial charge < -0.3 is 4.74 Å². The van der Waals surface area contributed by atoms with Gasteiger partial charge in [-0.2, -0.15) is 13.2 Å². The van der Waals surface area contributed by atoms with Gasteiger partial charge in [0.25, 0.3) is 0 Å².